The van der Waals surface area contributed by atoms with Crippen molar-refractivity contribution < 1.29 is 28.3 Å². The lowest BCUT2D eigenvalue weighted by Gasteiger charge is -2.35. The molecule has 1 unspecified atom stereocenters. The molecule has 4 aliphatic heterocycles. The molecule has 4 aliphatic rings. The molecule has 4 saturated heterocycles. The van der Waals surface area contributed by atoms with Gasteiger partial charge in [-0.05, 0) is 92.5 Å². The van der Waals surface area contributed by atoms with Gasteiger partial charge in [-0.25, -0.2) is 14.5 Å². The standard InChI is InChI=1S/C49H64FN11O6/c1-2-57-15-5-6-36(32-57)37-28-43(54-44(62)33-58-22-24-67-25-23-58)46(53-30-37)49(66)60-16-11-34(12-17-60)29-51-13-14-52-31-45(63)59-18-20-61(21-19-59)48(65)40-26-35(9-10-41(40)50)27-42-38-7-3-4-8-39(38)47(64)56-55-42/h3-4,7-10,26,28,30,34,36,51-52H,2,5-6,11-25,27,29,31-33H2,1H3,(H,54,62)(H,56,64). The molecule has 67 heavy (non-hydrogen) atoms. The monoisotopic (exact) mass is 922 g/mol. The van der Waals surface area contributed by atoms with Crippen molar-refractivity contribution >= 4 is 40.1 Å². The third-order valence-electron chi connectivity index (χ3n) is 13.7. The molecule has 17 nitrogen and oxygen atoms in total. The molecule has 4 N–H and O–H groups in total. The molecular formula is C49H64FN11O6. The Labute approximate surface area is 390 Å². The fraction of sp³-hybridized carbons (Fsp3) is 0.531. The zero-order chi connectivity index (χ0) is 46.7. The third kappa shape index (κ3) is 12.3. The molecule has 6 heterocycles. The first kappa shape index (κ1) is 47.8. The average Bonchev–Trinajstić information content (AvgIpc) is 3.36. The summed E-state index contributed by atoms with van der Waals surface area (Å²) in [7, 11) is 0. The van der Waals surface area contributed by atoms with Gasteiger partial charge in [0.2, 0.25) is 11.8 Å². The lowest BCUT2D eigenvalue weighted by atomic mass is 9.91. The quantitative estimate of drug-likeness (QED) is 0.121. The van der Waals surface area contributed by atoms with Crippen LogP contribution < -0.4 is 21.5 Å². The van der Waals surface area contributed by atoms with E-state index in [1.54, 1.807) is 34.1 Å². The molecule has 358 valence electrons. The molecular weight excluding hydrogens is 858 g/mol. The van der Waals surface area contributed by atoms with Crippen molar-refractivity contribution in [1.82, 2.24) is 50.3 Å². The van der Waals surface area contributed by atoms with E-state index in [1.165, 1.54) is 6.07 Å². The van der Waals surface area contributed by atoms with E-state index in [0.29, 0.717) is 130 Å². The number of piperazine rings is 1. The predicted molar refractivity (Wildman–Crippen MR) is 253 cm³/mol. The number of amides is 4. The summed E-state index contributed by atoms with van der Waals surface area (Å²) in [6.45, 7) is 12.7. The van der Waals surface area contributed by atoms with Gasteiger partial charge >= 0.3 is 0 Å². The Bertz CT molecular complexity index is 2430. The number of anilines is 1. The first-order chi connectivity index (χ1) is 32.6. The molecule has 0 bridgehead atoms. The van der Waals surface area contributed by atoms with Crippen LogP contribution in [0.1, 0.15) is 76.2 Å². The Morgan fingerprint density at radius 3 is 2.33 bits per heavy atom. The minimum atomic E-state index is -0.616. The summed E-state index contributed by atoms with van der Waals surface area (Å²) in [5, 5.41) is 17.8. The topological polar surface area (TPSA) is 188 Å². The molecule has 0 aliphatic carbocycles. The zero-order valence-electron chi connectivity index (χ0n) is 38.6. The van der Waals surface area contributed by atoms with E-state index in [0.717, 1.165) is 57.4 Å². The highest BCUT2D eigenvalue weighted by Crippen LogP contribution is 2.30. The summed E-state index contributed by atoms with van der Waals surface area (Å²) < 4.78 is 20.5. The Morgan fingerprint density at radius 1 is 0.821 bits per heavy atom. The number of aromatic amines is 1. The largest absolute Gasteiger partial charge is 0.379 e. The van der Waals surface area contributed by atoms with Crippen molar-refractivity contribution in [2.45, 2.75) is 44.9 Å². The maximum Gasteiger partial charge on any atom is 0.274 e. The van der Waals surface area contributed by atoms with Crippen molar-refractivity contribution in [1.29, 1.82) is 0 Å². The number of aromatic nitrogens is 3. The minimum Gasteiger partial charge on any atom is -0.379 e. The van der Waals surface area contributed by atoms with Gasteiger partial charge < -0.3 is 40.3 Å². The van der Waals surface area contributed by atoms with E-state index in [1.807, 2.05) is 29.3 Å². The number of H-pyrrole nitrogens is 1. The van der Waals surface area contributed by atoms with Gasteiger partial charge in [0.05, 0.1) is 48.6 Å². The number of fused-ring (bicyclic) bond motifs is 1. The Morgan fingerprint density at radius 2 is 1.55 bits per heavy atom. The van der Waals surface area contributed by atoms with Gasteiger partial charge in [0.15, 0.2) is 5.69 Å². The van der Waals surface area contributed by atoms with E-state index in [9.17, 15) is 24.0 Å². The summed E-state index contributed by atoms with van der Waals surface area (Å²) in [4.78, 5) is 80.4. The molecule has 4 fully saturated rings. The number of carbonyl (C=O) groups is 4. The number of likely N-dealkylation sites (tertiary alicyclic amines) is 2. The molecule has 0 radical (unpaired) electrons. The van der Waals surface area contributed by atoms with Crippen molar-refractivity contribution in [3.05, 3.63) is 99.0 Å². The van der Waals surface area contributed by atoms with Crippen LogP contribution in [-0.2, 0) is 20.7 Å². The fourth-order valence-electron chi connectivity index (χ4n) is 9.69. The second-order valence-corrected chi connectivity index (χ2v) is 18.2. The molecule has 0 spiro atoms. The van der Waals surface area contributed by atoms with Gasteiger partial charge in [0.25, 0.3) is 17.4 Å². The fourth-order valence-corrected chi connectivity index (χ4v) is 9.69. The molecule has 8 rings (SSSR count). The second-order valence-electron chi connectivity index (χ2n) is 18.2. The summed E-state index contributed by atoms with van der Waals surface area (Å²) >= 11 is 0. The number of pyridine rings is 1. The van der Waals surface area contributed by atoms with Crippen LogP contribution in [0.15, 0.2) is 59.5 Å². The molecule has 4 amide bonds. The van der Waals surface area contributed by atoms with Crippen LogP contribution in [0, 0.1) is 11.7 Å². The number of morpholine rings is 1. The third-order valence-corrected chi connectivity index (χ3v) is 13.7. The number of nitrogens with one attached hydrogen (secondary N) is 4. The molecule has 18 heteroatoms. The Hall–Kier alpha value is -5.66. The van der Waals surface area contributed by atoms with E-state index in [-0.39, 0.29) is 41.9 Å². The zero-order valence-corrected chi connectivity index (χ0v) is 38.6. The number of ether oxygens (including phenoxy) is 1. The average molecular weight is 922 g/mol. The van der Waals surface area contributed by atoms with Gasteiger partial charge in [0.1, 0.15) is 5.82 Å². The van der Waals surface area contributed by atoms with E-state index in [2.05, 4.69) is 42.9 Å². The van der Waals surface area contributed by atoms with Crippen LogP contribution >= 0.6 is 0 Å². The first-order valence-corrected chi connectivity index (χ1v) is 24.0. The van der Waals surface area contributed by atoms with Crippen molar-refractivity contribution in [3.8, 4) is 0 Å². The van der Waals surface area contributed by atoms with Gasteiger partial charge in [0, 0.05) is 90.0 Å². The molecule has 2 aromatic carbocycles. The van der Waals surface area contributed by atoms with E-state index in [4.69, 9.17) is 9.72 Å². The van der Waals surface area contributed by atoms with Crippen LogP contribution in [0.5, 0.6) is 0 Å². The summed E-state index contributed by atoms with van der Waals surface area (Å²) in [5.41, 5.74) is 2.82. The van der Waals surface area contributed by atoms with Crippen LogP contribution in [0.2, 0.25) is 0 Å². The van der Waals surface area contributed by atoms with Crippen molar-refractivity contribution in [2.75, 3.05) is 123 Å². The molecule has 2 aromatic heterocycles. The smallest absolute Gasteiger partial charge is 0.274 e. The van der Waals surface area contributed by atoms with Gasteiger partial charge in [-0.15, -0.1) is 0 Å². The van der Waals surface area contributed by atoms with Crippen LogP contribution in [0.3, 0.4) is 0 Å². The summed E-state index contributed by atoms with van der Waals surface area (Å²) in [6.07, 6.45) is 5.97. The Kier molecular flexibility index (Phi) is 16.3. The highest BCUT2D eigenvalue weighted by atomic mass is 19.1. The van der Waals surface area contributed by atoms with Crippen LogP contribution in [-0.4, -0.2) is 181 Å². The number of benzene rings is 2. The SMILES string of the molecule is CCN1CCCC(c2cnc(C(=O)N3CCC(CNCCNCC(=O)N4CCN(C(=O)c5cc(Cc6n[nH]c(=O)c7ccccc67)ccc5F)CC4)CC3)c(NC(=O)CN3CCOCC3)c2)C1. The summed E-state index contributed by atoms with van der Waals surface area (Å²) in [5.74, 6) is -0.726. The molecule has 1 atom stereocenters. The number of nitrogens with zero attached hydrogens (tertiary/aromatic N) is 7. The summed E-state index contributed by atoms with van der Waals surface area (Å²) in [6, 6.07) is 13.6. The number of carbonyl (C=O) groups excluding carboxylic acids is 4. The highest BCUT2D eigenvalue weighted by molar-refractivity contribution is 6.03. The maximum absolute atomic E-state index is 15.0. The Balaban J connectivity index is 0.743. The number of rotatable bonds is 16. The van der Waals surface area contributed by atoms with Gasteiger partial charge in [-0.1, -0.05) is 31.2 Å². The molecule has 4 aromatic rings. The van der Waals surface area contributed by atoms with Crippen LogP contribution in [0.25, 0.3) is 10.8 Å². The minimum absolute atomic E-state index is 0.0356. The highest BCUT2D eigenvalue weighted by Gasteiger charge is 2.30. The van der Waals surface area contributed by atoms with Crippen molar-refractivity contribution in [2.24, 2.45) is 5.92 Å². The molecule has 0 saturated carbocycles. The number of halogens is 1. The number of hydrogen-bond acceptors (Lipinski definition) is 12. The lowest BCUT2D eigenvalue weighted by Crippen LogP contribution is -2.52. The van der Waals surface area contributed by atoms with Crippen LogP contribution in [0.4, 0.5) is 10.1 Å². The predicted octanol–water partition coefficient (Wildman–Crippen LogP) is 2.53. The first-order valence-electron chi connectivity index (χ1n) is 24.0. The number of hydrogen-bond donors (Lipinski definition) is 4. The maximum atomic E-state index is 15.0. The number of piperidine rings is 2. The van der Waals surface area contributed by atoms with Crippen molar-refractivity contribution in [3.63, 3.8) is 0 Å². The van der Waals surface area contributed by atoms with E-state index < -0.39 is 11.7 Å². The number of likely N-dealkylation sites (N-methyl/N-ethyl adjacent to an activating group) is 1. The lowest BCUT2D eigenvalue weighted by molar-refractivity contribution is -0.131. The normalized spacial score (nSPS) is 18.9. The van der Waals surface area contributed by atoms with Gasteiger partial charge in [-0.2, -0.15) is 5.10 Å². The second kappa shape index (κ2) is 22.9. The van der Waals surface area contributed by atoms with E-state index >= 15 is 4.39 Å². The van der Waals surface area contributed by atoms with Gasteiger partial charge in [-0.3, -0.25) is 28.9 Å².